The molecule has 102 valence electrons. The van der Waals surface area contributed by atoms with Crippen LogP contribution in [-0.4, -0.2) is 16.5 Å². The molecule has 20 heavy (non-hydrogen) atoms. The number of rotatable bonds is 3. The largest absolute Gasteiger partial charge is 0.433 e. The van der Waals surface area contributed by atoms with Gasteiger partial charge in [0.15, 0.2) is 5.71 Å². The van der Waals surface area contributed by atoms with Crippen molar-refractivity contribution in [1.82, 2.24) is 0 Å². The Kier molecular flexibility index (Phi) is 3.55. The van der Waals surface area contributed by atoms with E-state index in [9.17, 15) is 0 Å². The summed E-state index contributed by atoms with van der Waals surface area (Å²) in [5.74, 6) is 0.996. The number of hydrogen-bond donors (Lipinski definition) is 0. The van der Waals surface area contributed by atoms with Crippen molar-refractivity contribution in [3.8, 4) is 5.75 Å². The molecule has 0 fully saturated rings. The molecule has 0 bridgehead atoms. The number of ether oxygens (including phenoxy) is 1. The molecule has 0 spiro atoms. The lowest BCUT2D eigenvalue weighted by atomic mass is 10.0. The third kappa shape index (κ3) is 2.22. The molecule has 1 unspecified atom stereocenters. The average molecular weight is 266 g/mol. The van der Waals surface area contributed by atoms with Gasteiger partial charge < -0.3 is 4.74 Å². The van der Waals surface area contributed by atoms with Crippen LogP contribution in [0, 0.1) is 0 Å². The molecule has 0 aromatic heterocycles. The van der Waals surface area contributed by atoms with Crippen molar-refractivity contribution in [2.75, 3.05) is 0 Å². The first kappa shape index (κ1) is 12.9. The summed E-state index contributed by atoms with van der Waals surface area (Å²) in [6.07, 6.45) is 2.20. The fourth-order valence-corrected chi connectivity index (χ4v) is 2.84. The highest BCUT2D eigenvalue weighted by atomic mass is 16.5. The number of hydrogen-bond acceptors (Lipinski definition) is 1. The molecular formula is C18H20NO+. The van der Waals surface area contributed by atoms with E-state index in [-0.39, 0.29) is 6.23 Å². The minimum atomic E-state index is 0.0221. The van der Waals surface area contributed by atoms with Gasteiger partial charge in [-0.05, 0) is 18.6 Å². The summed E-state index contributed by atoms with van der Waals surface area (Å²) in [5, 5.41) is 0. The highest BCUT2D eigenvalue weighted by Gasteiger charge is 2.32. The summed E-state index contributed by atoms with van der Waals surface area (Å²) in [4.78, 5) is 0. The van der Waals surface area contributed by atoms with Crippen molar-refractivity contribution in [3.63, 3.8) is 0 Å². The van der Waals surface area contributed by atoms with Gasteiger partial charge in [0.2, 0.25) is 5.69 Å². The third-order valence-electron chi connectivity index (χ3n) is 3.67. The predicted molar refractivity (Wildman–Crippen MR) is 81.9 cm³/mol. The van der Waals surface area contributed by atoms with Crippen LogP contribution in [0.1, 0.15) is 32.3 Å². The molecule has 0 aliphatic carbocycles. The summed E-state index contributed by atoms with van der Waals surface area (Å²) in [7, 11) is 0. The van der Waals surface area contributed by atoms with Gasteiger partial charge in [0, 0.05) is 25.5 Å². The molecule has 0 N–H and O–H groups in total. The summed E-state index contributed by atoms with van der Waals surface area (Å²) >= 11 is 0. The molecule has 0 amide bonds. The van der Waals surface area contributed by atoms with E-state index >= 15 is 0 Å². The van der Waals surface area contributed by atoms with Crippen LogP contribution in [0.25, 0.3) is 0 Å². The molecule has 2 heteroatoms. The molecule has 1 heterocycles. The highest BCUT2D eigenvalue weighted by Crippen LogP contribution is 2.30. The first-order valence-corrected chi connectivity index (χ1v) is 7.27. The van der Waals surface area contributed by atoms with Gasteiger partial charge in [0.25, 0.3) is 6.23 Å². The van der Waals surface area contributed by atoms with Gasteiger partial charge in [-0.25, -0.2) is 0 Å². The molecule has 2 aromatic carbocycles. The molecule has 0 radical (unpaired) electrons. The van der Waals surface area contributed by atoms with E-state index in [0.29, 0.717) is 0 Å². The number of para-hydroxylation sites is 2. The Morgan fingerprint density at radius 1 is 1.00 bits per heavy atom. The minimum absolute atomic E-state index is 0.0221. The first-order valence-electron chi connectivity index (χ1n) is 7.27. The lowest BCUT2D eigenvalue weighted by molar-refractivity contribution is -0.527. The average Bonchev–Trinajstić information content (AvgIpc) is 2.48. The van der Waals surface area contributed by atoms with Crippen molar-refractivity contribution in [3.05, 3.63) is 60.2 Å². The first-order chi connectivity index (χ1) is 9.81. The van der Waals surface area contributed by atoms with Gasteiger partial charge in [-0.3, -0.25) is 0 Å². The van der Waals surface area contributed by atoms with Crippen LogP contribution in [0.2, 0.25) is 0 Å². The van der Waals surface area contributed by atoms with Crippen LogP contribution in [0.4, 0.5) is 5.69 Å². The monoisotopic (exact) mass is 266 g/mol. The number of nitrogens with zero attached hydrogens (tertiary/aromatic N) is 1. The smallest absolute Gasteiger partial charge is 0.299 e. The Labute approximate surface area is 120 Å². The van der Waals surface area contributed by atoms with Crippen LogP contribution in [0.3, 0.4) is 0 Å². The van der Waals surface area contributed by atoms with Gasteiger partial charge >= 0.3 is 0 Å². The summed E-state index contributed by atoms with van der Waals surface area (Å²) in [5.41, 5.74) is 3.77. The Morgan fingerprint density at radius 2 is 1.70 bits per heavy atom. The molecule has 1 atom stereocenters. The SMILES string of the molecule is CCCC1=[N+](c2ccccc2)C(C)Oc2ccccc21. The molecule has 3 rings (SSSR count). The van der Waals surface area contributed by atoms with Crippen molar-refractivity contribution in [2.45, 2.75) is 32.9 Å². The maximum Gasteiger partial charge on any atom is 0.299 e. The second-order valence-electron chi connectivity index (χ2n) is 5.12. The number of benzene rings is 2. The molecular weight excluding hydrogens is 246 g/mol. The maximum atomic E-state index is 6.08. The topological polar surface area (TPSA) is 12.2 Å². The quantitative estimate of drug-likeness (QED) is 0.752. The summed E-state index contributed by atoms with van der Waals surface area (Å²) in [6.45, 7) is 4.33. The van der Waals surface area contributed by atoms with Crippen LogP contribution >= 0.6 is 0 Å². The second-order valence-corrected chi connectivity index (χ2v) is 5.12. The van der Waals surface area contributed by atoms with Crippen LogP contribution < -0.4 is 4.74 Å². The number of fused-ring (bicyclic) bond motifs is 1. The minimum Gasteiger partial charge on any atom is -0.433 e. The lowest BCUT2D eigenvalue weighted by Crippen LogP contribution is -2.35. The van der Waals surface area contributed by atoms with E-state index in [1.54, 1.807) is 0 Å². The lowest BCUT2D eigenvalue weighted by Gasteiger charge is -2.23. The van der Waals surface area contributed by atoms with Gasteiger partial charge in [-0.2, -0.15) is 4.58 Å². The molecule has 1 aliphatic heterocycles. The predicted octanol–water partition coefficient (Wildman–Crippen LogP) is 4.36. The van der Waals surface area contributed by atoms with Crippen molar-refractivity contribution in [2.24, 2.45) is 0 Å². The summed E-state index contributed by atoms with van der Waals surface area (Å²) in [6, 6.07) is 18.8. The van der Waals surface area contributed by atoms with Crippen LogP contribution in [-0.2, 0) is 0 Å². The van der Waals surface area contributed by atoms with E-state index in [1.165, 1.54) is 17.0 Å². The van der Waals surface area contributed by atoms with E-state index in [1.807, 2.05) is 12.1 Å². The molecule has 2 aromatic rings. The highest BCUT2D eigenvalue weighted by molar-refractivity contribution is 6.00. The van der Waals surface area contributed by atoms with Crippen LogP contribution in [0.5, 0.6) is 5.75 Å². The Bertz CT molecular complexity index is 631. The summed E-state index contributed by atoms with van der Waals surface area (Å²) < 4.78 is 8.39. The molecule has 0 saturated heterocycles. The normalized spacial score (nSPS) is 17.6. The molecule has 0 saturated carbocycles. The fraction of sp³-hybridized carbons (Fsp3) is 0.278. The Morgan fingerprint density at radius 3 is 2.45 bits per heavy atom. The van der Waals surface area contributed by atoms with E-state index < -0.39 is 0 Å². The molecule has 1 aliphatic rings. The maximum absolute atomic E-state index is 6.08. The van der Waals surface area contributed by atoms with Crippen molar-refractivity contribution in [1.29, 1.82) is 0 Å². The standard InChI is InChI=1S/C18H20NO/c1-3-9-17-16-12-7-8-13-18(16)20-14(2)19(17)15-10-5-4-6-11-15/h4-8,10-14H,3,9H2,1-2H3/q+1. The van der Waals surface area contributed by atoms with Crippen LogP contribution in [0.15, 0.2) is 54.6 Å². The zero-order valence-corrected chi connectivity index (χ0v) is 12.0. The second kappa shape index (κ2) is 5.49. The van der Waals surface area contributed by atoms with Crippen molar-refractivity contribution < 1.29 is 9.31 Å². The zero-order chi connectivity index (χ0) is 13.9. The van der Waals surface area contributed by atoms with Gasteiger partial charge in [-0.15, -0.1) is 0 Å². The van der Waals surface area contributed by atoms with E-state index in [2.05, 4.69) is 60.9 Å². The van der Waals surface area contributed by atoms with E-state index in [4.69, 9.17) is 4.74 Å². The van der Waals surface area contributed by atoms with E-state index in [0.717, 1.165) is 18.6 Å². The van der Waals surface area contributed by atoms with Gasteiger partial charge in [0.1, 0.15) is 5.75 Å². The fourth-order valence-electron chi connectivity index (χ4n) is 2.84. The molecule has 2 nitrogen and oxygen atoms in total. The Hall–Kier alpha value is -2.09. The Balaban J connectivity index is 2.21. The van der Waals surface area contributed by atoms with Crippen molar-refractivity contribution >= 4 is 11.4 Å². The van der Waals surface area contributed by atoms with Gasteiger partial charge in [0.05, 0.1) is 5.56 Å². The zero-order valence-electron chi connectivity index (χ0n) is 12.0. The van der Waals surface area contributed by atoms with Gasteiger partial charge in [-0.1, -0.05) is 37.3 Å². The third-order valence-corrected chi connectivity index (χ3v) is 3.67.